The molecule has 17 heavy (non-hydrogen) atoms. The van der Waals surface area contributed by atoms with Crippen molar-refractivity contribution in [1.82, 2.24) is 9.80 Å². The van der Waals surface area contributed by atoms with Gasteiger partial charge in [-0.25, -0.2) is 0 Å². The minimum Gasteiger partial charge on any atom is -0.340 e. The number of rotatable bonds is 4. The number of carbonyl (C=O) groups is 1. The zero-order chi connectivity index (χ0) is 12.8. The fraction of sp³-hybridized carbons (Fsp3) is 0.846. The third kappa shape index (κ3) is 3.71. The van der Waals surface area contributed by atoms with Crippen LogP contribution in [0.2, 0.25) is 0 Å². The molecule has 0 aliphatic carbocycles. The summed E-state index contributed by atoms with van der Waals surface area (Å²) in [5.74, 6) is 0.413. The van der Waals surface area contributed by atoms with Crippen molar-refractivity contribution >= 4 is 5.91 Å². The van der Waals surface area contributed by atoms with Crippen LogP contribution < -0.4 is 0 Å². The Morgan fingerprint density at radius 3 is 2.35 bits per heavy atom. The van der Waals surface area contributed by atoms with Gasteiger partial charge in [0.2, 0.25) is 5.91 Å². The first-order valence-corrected chi connectivity index (χ1v) is 6.52. The van der Waals surface area contributed by atoms with Crippen LogP contribution in [0.25, 0.3) is 0 Å². The number of piperazine rings is 1. The van der Waals surface area contributed by atoms with Crippen LogP contribution in [-0.4, -0.2) is 47.9 Å². The minimum absolute atomic E-state index is 0.0414. The van der Waals surface area contributed by atoms with Crippen molar-refractivity contribution in [3.63, 3.8) is 0 Å². The van der Waals surface area contributed by atoms with Crippen LogP contribution in [0.5, 0.6) is 0 Å². The molecule has 0 spiro atoms. The molecule has 1 aliphatic heterocycles. The predicted molar refractivity (Wildman–Crippen MR) is 67.3 cm³/mol. The largest absolute Gasteiger partial charge is 0.340 e. The molecule has 0 radical (unpaired) electrons. The number of amides is 1. The number of hydrogen-bond acceptors (Lipinski definition) is 3. The van der Waals surface area contributed by atoms with E-state index in [-0.39, 0.29) is 17.9 Å². The Labute approximate surface area is 104 Å². The maximum absolute atomic E-state index is 12.1. The Kier molecular flexibility index (Phi) is 5.43. The molecule has 0 aromatic rings. The average molecular weight is 237 g/mol. The number of carbonyl (C=O) groups excluding carboxylic acids is 1. The summed E-state index contributed by atoms with van der Waals surface area (Å²) in [6.07, 6.45) is 2.02. The highest BCUT2D eigenvalue weighted by Crippen LogP contribution is 2.13. The average Bonchev–Trinajstić information content (AvgIpc) is 2.37. The lowest BCUT2D eigenvalue weighted by atomic mass is 10.0. The molecule has 0 saturated carbocycles. The smallest absolute Gasteiger partial charge is 0.225 e. The van der Waals surface area contributed by atoms with Gasteiger partial charge in [0.15, 0.2) is 0 Å². The van der Waals surface area contributed by atoms with Gasteiger partial charge in [-0.3, -0.25) is 9.69 Å². The van der Waals surface area contributed by atoms with Crippen molar-refractivity contribution in [2.75, 3.05) is 26.2 Å². The summed E-state index contributed by atoms with van der Waals surface area (Å²) in [5, 5.41) is 8.85. The molecule has 1 aliphatic rings. The van der Waals surface area contributed by atoms with E-state index in [4.69, 9.17) is 5.26 Å². The van der Waals surface area contributed by atoms with E-state index in [1.165, 1.54) is 0 Å². The molecule has 1 fully saturated rings. The van der Waals surface area contributed by atoms with E-state index in [2.05, 4.69) is 17.9 Å². The Bertz CT molecular complexity index is 290. The summed E-state index contributed by atoms with van der Waals surface area (Å²) in [6.45, 7) is 9.19. The van der Waals surface area contributed by atoms with Gasteiger partial charge in [-0.15, -0.1) is 0 Å². The molecule has 0 aromatic heterocycles. The highest BCUT2D eigenvalue weighted by Gasteiger charge is 2.26. The van der Waals surface area contributed by atoms with Crippen LogP contribution >= 0.6 is 0 Å². The van der Waals surface area contributed by atoms with E-state index in [1.807, 2.05) is 18.7 Å². The van der Waals surface area contributed by atoms with E-state index >= 15 is 0 Å². The number of nitriles is 1. The molecule has 0 N–H and O–H groups in total. The first-order valence-electron chi connectivity index (χ1n) is 6.52. The van der Waals surface area contributed by atoms with Crippen molar-refractivity contribution in [2.45, 2.75) is 39.7 Å². The van der Waals surface area contributed by atoms with Crippen LogP contribution in [0.3, 0.4) is 0 Å². The van der Waals surface area contributed by atoms with E-state index in [0.29, 0.717) is 0 Å². The molecule has 4 heteroatoms. The molecule has 1 rings (SSSR count). The molecule has 0 aromatic carbocycles. The summed E-state index contributed by atoms with van der Waals surface area (Å²) in [4.78, 5) is 16.2. The first kappa shape index (κ1) is 14.0. The lowest BCUT2D eigenvalue weighted by Gasteiger charge is -2.37. The zero-order valence-corrected chi connectivity index (χ0v) is 11.1. The van der Waals surface area contributed by atoms with Crippen molar-refractivity contribution < 1.29 is 4.79 Å². The van der Waals surface area contributed by atoms with Gasteiger partial charge < -0.3 is 4.90 Å². The van der Waals surface area contributed by atoms with E-state index in [0.717, 1.165) is 39.0 Å². The second-order valence-electron chi connectivity index (χ2n) is 4.86. The van der Waals surface area contributed by atoms with Crippen molar-refractivity contribution in [1.29, 1.82) is 5.26 Å². The standard InChI is InChI=1S/C13H23N3O/c1-4-5-11(2)13(17)16-8-6-15(7-9-16)12(3)10-14/h11-12H,4-9H2,1-3H3. The first-order chi connectivity index (χ1) is 8.10. The number of hydrogen-bond donors (Lipinski definition) is 0. The van der Waals surface area contributed by atoms with Crippen LogP contribution in [0, 0.1) is 17.2 Å². The molecule has 0 bridgehead atoms. The molecular formula is C13H23N3O. The quantitative estimate of drug-likeness (QED) is 0.744. The van der Waals surface area contributed by atoms with Gasteiger partial charge in [0.25, 0.3) is 0 Å². The fourth-order valence-electron chi connectivity index (χ4n) is 2.28. The molecular weight excluding hydrogens is 214 g/mol. The molecule has 96 valence electrons. The summed E-state index contributed by atoms with van der Waals surface area (Å²) in [6, 6.07) is 2.20. The topological polar surface area (TPSA) is 47.3 Å². The van der Waals surface area contributed by atoms with Crippen LogP contribution in [0.1, 0.15) is 33.6 Å². The third-order valence-electron chi connectivity index (χ3n) is 3.50. The minimum atomic E-state index is -0.0414. The maximum atomic E-state index is 12.1. The van der Waals surface area contributed by atoms with Crippen LogP contribution in [-0.2, 0) is 4.79 Å². The predicted octanol–water partition coefficient (Wildman–Crippen LogP) is 1.48. The molecule has 1 amide bonds. The summed E-state index contributed by atoms with van der Waals surface area (Å²) >= 11 is 0. The summed E-state index contributed by atoms with van der Waals surface area (Å²) < 4.78 is 0. The normalized spacial score (nSPS) is 20.7. The Morgan fingerprint density at radius 1 is 1.29 bits per heavy atom. The van der Waals surface area contributed by atoms with E-state index < -0.39 is 0 Å². The Morgan fingerprint density at radius 2 is 1.88 bits per heavy atom. The molecule has 1 saturated heterocycles. The van der Waals surface area contributed by atoms with E-state index in [1.54, 1.807) is 0 Å². The van der Waals surface area contributed by atoms with Gasteiger partial charge in [0.1, 0.15) is 0 Å². The highest BCUT2D eigenvalue weighted by atomic mass is 16.2. The van der Waals surface area contributed by atoms with Crippen LogP contribution in [0.4, 0.5) is 0 Å². The monoisotopic (exact) mass is 237 g/mol. The van der Waals surface area contributed by atoms with Crippen molar-refractivity contribution in [3.8, 4) is 6.07 Å². The second-order valence-corrected chi connectivity index (χ2v) is 4.86. The van der Waals surface area contributed by atoms with E-state index in [9.17, 15) is 4.79 Å². The zero-order valence-electron chi connectivity index (χ0n) is 11.1. The van der Waals surface area contributed by atoms with Gasteiger partial charge in [-0.05, 0) is 13.3 Å². The molecule has 2 atom stereocenters. The lowest BCUT2D eigenvalue weighted by Crippen LogP contribution is -2.52. The lowest BCUT2D eigenvalue weighted by molar-refractivity contribution is -0.137. The van der Waals surface area contributed by atoms with Gasteiger partial charge in [-0.2, -0.15) is 5.26 Å². The van der Waals surface area contributed by atoms with Gasteiger partial charge >= 0.3 is 0 Å². The highest BCUT2D eigenvalue weighted by molar-refractivity contribution is 5.78. The Balaban J connectivity index is 2.41. The maximum Gasteiger partial charge on any atom is 0.225 e. The second kappa shape index (κ2) is 6.61. The van der Waals surface area contributed by atoms with Crippen molar-refractivity contribution in [2.24, 2.45) is 5.92 Å². The number of nitrogens with zero attached hydrogens (tertiary/aromatic N) is 3. The molecule has 1 heterocycles. The summed E-state index contributed by atoms with van der Waals surface area (Å²) in [5.41, 5.74) is 0. The van der Waals surface area contributed by atoms with Gasteiger partial charge in [0.05, 0.1) is 12.1 Å². The molecule has 4 nitrogen and oxygen atoms in total. The van der Waals surface area contributed by atoms with Crippen molar-refractivity contribution in [3.05, 3.63) is 0 Å². The third-order valence-corrected chi connectivity index (χ3v) is 3.50. The van der Waals surface area contributed by atoms with Gasteiger partial charge in [-0.1, -0.05) is 20.3 Å². The SMILES string of the molecule is CCCC(C)C(=O)N1CCN(C(C)C#N)CC1. The molecule has 2 unspecified atom stereocenters. The summed E-state index contributed by atoms with van der Waals surface area (Å²) in [7, 11) is 0. The van der Waals surface area contributed by atoms with Gasteiger partial charge in [0, 0.05) is 32.1 Å². The van der Waals surface area contributed by atoms with Crippen LogP contribution in [0.15, 0.2) is 0 Å². The fourth-order valence-corrected chi connectivity index (χ4v) is 2.28. The Hall–Kier alpha value is -1.08.